The van der Waals surface area contributed by atoms with Gasteiger partial charge in [0.2, 0.25) is 5.91 Å². The van der Waals surface area contributed by atoms with Crippen LogP contribution in [-0.4, -0.2) is 21.0 Å². The van der Waals surface area contributed by atoms with Gasteiger partial charge in [-0.1, -0.05) is 47.6 Å². The van der Waals surface area contributed by atoms with Crippen molar-refractivity contribution in [2.24, 2.45) is 0 Å². The maximum absolute atomic E-state index is 12.4. The molecule has 0 aliphatic heterocycles. The summed E-state index contributed by atoms with van der Waals surface area (Å²) in [5.74, 6) is 1.95. The standard InChI is InChI=1S/C24H22N4O3/c1-16-22(17(2)31-28-16)15-30-21-10-8-18(9-11-21)12-23(29)27-20-13-25-24(26-14-20)19-6-4-3-5-7-19/h3-11,13-14H,12,15H2,1-2H3,(H,27,29). The first-order chi connectivity index (χ1) is 15.1. The number of carbonyl (C=O) groups is 1. The molecule has 7 heteroatoms. The molecule has 1 N–H and O–H groups in total. The van der Waals surface area contributed by atoms with E-state index in [9.17, 15) is 4.79 Å². The van der Waals surface area contributed by atoms with Crippen LogP contribution in [0.25, 0.3) is 11.4 Å². The Morgan fingerprint density at radius 3 is 2.35 bits per heavy atom. The van der Waals surface area contributed by atoms with E-state index in [1.807, 2.05) is 68.4 Å². The Kier molecular flexibility index (Phi) is 6.03. The molecular formula is C24H22N4O3. The largest absolute Gasteiger partial charge is 0.489 e. The van der Waals surface area contributed by atoms with Crippen LogP contribution in [0.1, 0.15) is 22.6 Å². The molecule has 0 saturated carbocycles. The Balaban J connectivity index is 1.30. The van der Waals surface area contributed by atoms with E-state index in [1.165, 1.54) is 0 Å². The van der Waals surface area contributed by atoms with Crippen LogP contribution >= 0.6 is 0 Å². The summed E-state index contributed by atoms with van der Waals surface area (Å²) >= 11 is 0. The van der Waals surface area contributed by atoms with Crippen molar-refractivity contribution in [2.75, 3.05) is 5.32 Å². The quantitative estimate of drug-likeness (QED) is 0.479. The van der Waals surface area contributed by atoms with Crippen molar-refractivity contribution in [1.82, 2.24) is 15.1 Å². The molecule has 2 aromatic carbocycles. The minimum Gasteiger partial charge on any atom is -0.489 e. The number of aromatic nitrogens is 3. The van der Waals surface area contributed by atoms with Crippen molar-refractivity contribution >= 4 is 11.6 Å². The molecule has 4 rings (SSSR count). The minimum absolute atomic E-state index is 0.138. The molecular weight excluding hydrogens is 392 g/mol. The number of anilines is 1. The number of amides is 1. The van der Waals surface area contributed by atoms with Gasteiger partial charge in [-0.05, 0) is 31.5 Å². The molecule has 1 amide bonds. The van der Waals surface area contributed by atoms with Crippen molar-refractivity contribution in [2.45, 2.75) is 26.9 Å². The maximum Gasteiger partial charge on any atom is 0.228 e. The molecule has 0 spiro atoms. The van der Waals surface area contributed by atoms with Gasteiger partial charge in [-0.25, -0.2) is 9.97 Å². The lowest BCUT2D eigenvalue weighted by atomic mass is 10.1. The number of hydrogen-bond donors (Lipinski definition) is 1. The van der Waals surface area contributed by atoms with Crippen LogP contribution in [0.5, 0.6) is 5.75 Å². The van der Waals surface area contributed by atoms with Gasteiger partial charge in [0.15, 0.2) is 5.82 Å². The molecule has 2 heterocycles. The summed E-state index contributed by atoms with van der Waals surface area (Å²) in [6, 6.07) is 17.1. The molecule has 0 aliphatic rings. The first kappa shape index (κ1) is 20.3. The van der Waals surface area contributed by atoms with Crippen molar-refractivity contribution < 1.29 is 14.1 Å². The smallest absolute Gasteiger partial charge is 0.228 e. The summed E-state index contributed by atoms with van der Waals surface area (Å²) in [5, 5.41) is 6.75. The summed E-state index contributed by atoms with van der Waals surface area (Å²) in [6.07, 6.45) is 3.46. The van der Waals surface area contributed by atoms with E-state index in [0.717, 1.165) is 28.1 Å². The molecule has 156 valence electrons. The second kappa shape index (κ2) is 9.21. The highest BCUT2D eigenvalue weighted by atomic mass is 16.5. The Labute approximate surface area is 180 Å². The summed E-state index contributed by atoms with van der Waals surface area (Å²) in [4.78, 5) is 21.0. The van der Waals surface area contributed by atoms with Crippen molar-refractivity contribution in [1.29, 1.82) is 0 Å². The average Bonchev–Trinajstić information content (AvgIpc) is 3.11. The fraction of sp³-hybridized carbons (Fsp3) is 0.167. The van der Waals surface area contributed by atoms with E-state index in [4.69, 9.17) is 9.26 Å². The zero-order valence-electron chi connectivity index (χ0n) is 17.3. The number of carbonyl (C=O) groups excluding carboxylic acids is 1. The second-order valence-electron chi connectivity index (χ2n) is 7.12. The second-order valence-corrected chi connectivity index (χ2v) is 7.12. The molecule has 2 aromatic heterocycles. The molecule has 0 radical (unpaired) electrons. The molecule has 0 fully saturated rings. The number of nitrogens with zero attached hydrogens (tertiary/aromatic N) is 3. The Morgan fingerprint density at radius 1 is 1.00 bits per heavy atom. The highest BCUT2D eigenvalue weighted by Crippen LogP contribution is 2.19. The first-order valence-corrected chi connectivity index (χ1v) is 9.89. The van der Waals surface area contributed by atoms with Gasteiger partial charge in [0.25, 0.3) is 0 Å². The summed E-state index contributed by atoms with van der Waals surface area (Å²) in [5.41, 5.74) is 4.14. The van der Waals surface area contributed by atoms with E-state index < -0.39 is 0 Å². The normalized spacial score (nSPS) is 10.6. The fourth-order valence-electron chi connectivity index (χ4n) is 3.09. The minimum atomic E-state index is -0.138. The number of hydrogen-bond acceptors (Lipinski definition) is 6. The van der Waals surface area contributed by atoms with E-state index >= 15 is 0 Å². The highest BCUT2D eigenvalue weighted by Gasteiger charge is 2.10. The fourth-order valence-corrected chi connectivity index (χ4v) is 3.09. The third-order valence-electron chi connectivity index (χ3n) is 4.82. The van der Waals surface area contributed by atoms with Crippen molar-refractivity contribution in [3.05, 3.63) is 89.6 Å². The number of rotatable bonds is 7. The lowest BCUT2D eigenvalue weighted by Gasteiger charge is -2.08. The Hall–Kier alpha value is -4.00. The molecule has 4 aromatic rings. The summed E-state index contributed by atoms with van der Waals surface area (Å²) in [6.45, 7) is 4.14. The van der Waals surface area contributed by atoms with Gasteiger partial charge in [0.1, 0.15) is 18.1 Å². The molecule has 0 aliphatic carbocycles. The van der Waals surface area contributed by atoms with E-state index in [-0.39, 0.29) is 12.3 Å². The van der Waals surface area contributed by atoms with Crippen LogP contribution in [0.2, 0.25) is 0 Å². The predicted molar refractivity (Wildman–Crippen MR) is 117 cm³/mol. The van der Waals surface area contributed by atoms with Crippen molar-refractivity contribution in [3.63, 3.8) is 0 Å². The lowest BCUT2D eigenvalue weighted by molar-refractivity contribution is -0.115. The zero-order chi connectivity index (χ0) is 21.6. The molecule has 0 saturated heterocycles. The van der Waals surface area contributed by atoms with Crippen molar-refractivity contribution in [3.8, 4) is 17.1 Å². The first-order valence-electron chi connectivity index (χ1n) is 9.89. The van der Waals surface area contributed by atoms with Crippen LogP contribution in [-0.2, 0) is 17.8 Å². The number of nitrogens with one attached hydrogen (secondary N) is 1. The van der Waals surface area contributed by atoms with Gasteiger partial charge in [-0.3, -0.25) is 4.79 Å². The molecule has 7 nitrogen and oxygen atoms in total. The Bertz CT molecular complexity index is 1130. The van der Waals surface area contributed by atoms with Gasteiger partial charge in [-0.15, -0.1) is 0 Å². The monoisotopic (exact) mass is 414 g/mol. The SMILES string of the molecule is Cc1noc(C)c1COc1ccc(CC(=O)Nc2cnc(-c3ccccc3)nc2)cc1. The molecule has 0 unspecified atom stereocenters. The third-order valence-corrected chi connectivity index (χ3v) is 4.82. The van der Waals surface area contributed by atoms with Crippen LogP contribution in [0.4, 0.5) is 5.69 Å². The lowest BCUT2D eigenvalue weighted by Crippen LogP contribution is -2.14. The number of aryl methyl sites for hydroxylation is 2. The van der Waals surface area contributed by atoms with Gasteiger partial charge in [-0.2, -0.15) is 0 Å². The molecule has 0 bridgehead atoms. The van der Waals surface area contributed by atoms with Crippen LogP contribution < -0.4 is 10.1 Å². The summed E-state index contributed by atoms with van der Waals surface area (Å²) < 4.78 is 10.9. The maximum atomic E-state index is 12.4. The number of ether oxygens (including phenoxy) is 1. The highest BCUT2D eigenvalue weighted by molar-refractivity contribution is 5.92. The van der Waals surface area contributed by atoms with E-state index in [2.05, 4.69) is 20.4 Å². The van der Waals surface area contributed by atoms with Gasteiger partial charge >= 0.3 is 0 Å². The van der Waals surface area contributed by atoms with Crippen LogP contribution in [0, 0.1) is 13.8 Å². The van der Waals surface area contributed by atoms with Gasteiger partial charge in [0, 0.05) is 5.56 Å². The van der Waals surface area contributed by atoms with Gasteiger partial charge < -0.3 is 14.6 Å². The van der Waals surface area contributed by atoms with Crippen LogP contribution in [0.3, 0.4) is 0 Å². The Morgan fingerprint density at radius 2 is 1.71 bits per heavy atom. The molecule has 31 heavy (non-hydrogen) atoms. The number of benzene rings is 2. The predicted octanol–water partition coefficient (Wildman–Crippen LogP) is 4.51. The average molecular weight is 414 g/mol. The summed E-state index contributed by atoms with van der Waals surface area (Å²) in [7, 11) is 0. The molecule has 0 atom stereocenters. The van der Waals surface area contributed by atoms with Gasteiger partial charge in [0.05, 0.1) is 35.8 Å². The van der Waals surface area contributed by atoms with Crippen LogP contribution in [0.15, 0.2) is 71.5 Å². The third kappa shape index (κ3) is 5.14. The zero-order valence-corrected chi connectivity index (χ0v) is 17.3. The van der Waals surface area contributed by atoms with E-state index in [0.29, 0.717) is 23.9 Å². The van der Waals surface area contributed by atoms with E-state index in [1.54, 1.807) is 12.4 Å². The topological polar surface area (TPSA) is 90.1 Å².